The van der Waals surface area contributed by atoms with Gasteiger partial charge in [-0.2, -0.15) is 0 Å². The summed E-state index contributed by atoms with van der Waals surface area (Å²) in [6.07, 6.45) is 1.84. The summed E-state index contributed by atoms with van der Waals surface area (Å²) >= 11 is 1.61. The number of carbonyl (C=O) groups excluding carboxylic acids is 1. The fraction of sp³-hybridized carbons (Fsp3) is 0.385. The standard InChI is InChI=1S/C13H15N3OS.ClH/c17-13(9-3-5-14-6-4-9)16-10-1-2-12-11(7-10)15-8-18-12;/h1-2,7-9,14H,3-6H2,(H,16,17);1H. The minimum absolute atomic E-state index is 0. The fourth-order valence-corrected chi connectivity index (χ4v) is 2.92. The molecule has 1 saturated heterocycles. The molecule has 2 N–H and O–H groups in total. The molecule has 0 atom stereocenters. The number of thiazole rings is 1. The van der Waals surface area contributed by atoms with Crippen molar-refractivity contribution in [1.29, 1.82) is 0 Å². The molecular weight excluding hydrogens is 282 g/mol. The third kappa shape index (κ3) is 3.23. The number of hydrogen-bond donors (Lipinski definition) is 2. The highest BCUT2D eigenvalue weighted by Crippen LogP contribution is 2.22. The molecule has 4 nitrogen and oxygen atoms in total. The van der Waals surface area contributed by atoms with Crippen LogP contribution < -0.4 is 10.6 Å². The predicted molar refractivity (Wildman–Crippen MR) is 81.1 cm³/mol. The molecule has 102 valence electrons. The Morgan fingerprint density at radius 1 is 1.37 bits per heavy atom. The van der Waals surface area contributed by atoms with E-state index in [1.807, 2.05) is 23.7 Å². The van der Waals surface area contributed by atoms with Gasteiger partial charge in [0.25, 0.3) is 0 Å². The summed E-state index contributed by atoms with van der Waals surface area (Å²) < 4.78 is 1.15. The Labute approximate surface area is 122 Å². The van der Waals surface area contributed by atoms with Crippen molar-refractivity contribution in [2.75, 3.05) is 18.4 Å². The molecule has 0 radical (unpaired) electrons. The van der Waals surface area contributed by atoms with Crippen LogP contribution in [-0.2, 0) is 4.79 Å². The molecule has 1 amide bonds. The van der Waals surface area contributed by atoms with Gasteiger partial charge in [0.1, 0.15) is 0 Å². The van der Waals surface area contributed by atoms with Crippen molar-refractivity contribution in [2.45, 2.75) is 12.8 Å². The molecule has 0 aliphatic carbocycles. The average molecular weight is 298 g/mol. The number of hydrogen-bond acceptors (Lipinski definition) is 4. The molecular formula is C13H16ClN3OS. The molecule has 0 bridgehead atoms. The van der Waals surface area contributed by atoms with E-state index in [4.69, 9.17) is 0 Å². The SMILES string of the molecule is Cl.O=C(Nc1ccc2scnc2c1)C1CCNCC1. The largest absolute Gasteiger partial charge is 0.326 e. The Morgan fingerprint density at radius 3 is 2.95 bits per heavy atom. The molecule has 2 aromatic rings. The molecule has 0 saturated carbocycles. The summed E-state index contributed by atoms with van der Waals surface area (Å²) in [6.45, 7) is 1.87. The van der Waals surface area contributed by atoms with Crippen LogP contribution in [0.1, 0.15) is 12.8 Å². The monoisotopic (exact) mass is 297 g/mol. The second-order valence-corrected chi connectivity index (χ2v) is 5.43. The molecule has 0 spiro atoms. The summed E-state index contributed by atoms with van der Waals surface area (Å²) in [5.41, 5.74) is 3.61. The molecule has 2 heterocycles. The number of carbonyl (C=O) groups is 1. The highest BCUT2D eigenvalue weighted by Gasteiger charge is 2.20. The van der Waals surface area contributed by atoms with Crippen LogP contribution in [0.3, 0.4) is 0 Å². The number of rotatable bonds is 2. The van der Waals surface area contributed by atoms with Gasteiger partial charge in [0.2, 0.25) is 5.91 Å². The first-order valence-corrected chi connectivity index (χ1v) is 7.06. The lowest BCUT2D eigenvalue weighted by atomic mass is 9.97. The van der Waals surface area contributed by atoms with E-state index >= 15 is 0 Å². The predicted octanol–water partition coefficient (Wildman–Crippen LogP) is 2.66. The first-order valence-electron chi connectivity index (χ1n) is 6.18. The maximum atomic E-state index is 12.1. The number of fused-ring (bicyclic) bond motifs is 1. The van der Waals surface area contributed by atoms with E-state index in [1.54, 1.807) is 11.3 Å². The zero-order valence-electron chi connectivity index (χ0n) is 10.4. The maximum Gasteiger partial charge on any atom is 0.227 e. The Bertz CT molecular complexity index is 566. The van der Waals surface area contributed by atoms with Crippen LogP contribution in [0.4, 0.5) is 5.69 Å². The smallest absolute Gasteiger partial charge is 0.227 e. The van der Waals surface area contributed by atoms with Crippen molar-refractivity contribution >= 4 is 45.6 Å². The highest BCUT2D eigenvalue weighted by molar-refractivity contribution is 7.16. The quantitative estimate of drug-likeness (QED) is 0.896. The van der Waals surface area contributed by atoms with Crippen molar-refractivity contribution in [3.63, 3.8) is 0 Å². The van der Waals surface area contributed by atoms with Crippen molar-refractivity contribution in [2.24, 2.45) is 5.92 Å². The number of benzene rings is 1. The van der Waals surface area contributed by atoms with E-state index in [-0.39, 0.29) is 24.2 Å². The molecule has 1 fully saturated rings. The number of aromatic nitrogens is 1. The average Bonchev–Trinajstić information content (AvgIpc) is 2.87. The zero-order chi connectivity index (χ0) is 12.4. The van der Waals surface area contributed by atoms with E-state index in [0.717, 1.165) is 41.8 Å². The van der Waals surface area contributed by atoms with Crippen LogP contribution in [0, 0.1) is 5.92 Å². The number of nitrogens with one attached hydrogen (secondary N) is 2. The summed E-state index contributed by atoms with van der Waals surface area (Å²) in [4.78, 5) is 16.3. The minimum Gasteiger partial charge on any atom is -0.326 e. The molecule has 6 heteroatoms. The van der Waals surface area contributed by atoms with E-state index < -0.39 is 0 Å². The molecule has 1 aromatic heterocycles. The summed E-state index contributed by atoms with van der Waals surface area (Å²) in [7, 11) is 0. The molecule has 0 unspecified atom stereocenters. The lowest BCUT2D eigenvalue weighted by Gasteiger charge is -2.21. The van der Waals surface area contributed by atoms with Crippen molar-refractivity contribution in [3.05, 3.63) is 23.7 Å². The second kappa shape index (κ2) is 6.32. The number of nitrogens with zero attached hydrogens (tertiary/aromatic N) is 1. The Morgan fingerprint density at radius 2 is 2.16 bits per heavy atom. The lowest BCUT2D eigenvalue weighted by Crippen LogP contribution is -2.34. The van der Waals surface area contributed by atoms with Gasteiger partial charge in [-0.05, 0) is 44.1 Å². The molecule has 1 aromatic carbocycles. The first kappa shape index (κ1) is 14.2. The minimum atomic E-state index is 0. The van der Waals surface area contributed by atoms with Crippen LogP contribution in [-0.4, -0.2) is 24.0 Å². The van der Waals surface area contributed by atoms with Gasteiger partial charge in [0.15, 0.2) is 0 Å². The van der Waals surface area contributed by atoms with Crippen LogP contribution in [0.15, 0.2) is 23.7 Å². The topological polar surface area (TPSA) is 54.0 Å². The van der Waals surface area contributed by atoms with Gasteiger partial charge < -0.3 is 10.6 Å². The van der Waals surface area contributed by atoms with E-state index in [0.29, 0.717) is 0 Å². The van der Waals surface area contributed by atoms with Gasteiger partial charge in [0, 0.05) is 11.6 Å². The van der Waals surface area contributed by atoms with Gasteiger partial charge in [0.05, 0.1) is 15.7 Å². The normalized spacial score (nSPS) is 16.0. The van der Waals surface area contributed by atoms with E-state index in [9.17, 15) is 4.79 Å². The van der Waals surface area contributed by atoms with Gasteiger partial charge in [-0.1, -0.05) is 0 Å². The first-order chi connectivity index (χ1) is 8.83. The third-order valence-corrected chi connectivity index (χ3v) is 4.12. The van der Waals surface area contributed by atoms with Crippen LogP contribution >= 0.6 is 23.7 Å². The van der Waals surface area contributed by atoms with E-state index in [1.165, 1.54) is 0 Å². The Balaban J connectivity index is 0.00000133. The molecule has 1 aliphatic heterocycles. The van der Waals surface area contributed by atoms with Gasteiger partial charge in [-0.3, -0.25) is 4.79 Å². The van der Waals surface area contributed by atoms with Crippen molar-refractivity contribution < 1.29 is 4.79 Å². The molecule has 1 aliphatic rings. The molecule has 19 heavy (non-hydrogen) atoms. The Kier molecular flexibility index (Phi) is 4.74. The number of amides is 1. The highest BCUT2D eigenvalue weighted by atomic mass is 35.5. The summed E-state index contributed by atoms with van der Waals surface area (Å²) in [5, 5.41) is 6.26. The fourth-order valence-electron chi connectivity index (χ4n) is 2.26. The van der Waals surface area contributed by atoms with Gasteiger partial charge in [-0.25, -0.2) is 4.98 Å². The molecule has 3 rings (SSSR count). The Hall–Kier alpha value is -1.17. The number of piperidine rings is 1. The van der Waals surface area contributed by atoms with E-state index in [2.05, 4.69) is 15.6 Å². The second-order valence-electron chi connectivity index (χ2n) is 4.55. The van der Waals surface area contributed by atoms with Crippen LogP contribution in [0.2, 0.25) is 0 Å². The van der Waals surface area contributed by atoms with Crippen molar-refractivity contribution in [1.82, 2.24) is 10.3 Å². The number of halogens is 1. The van der Waals surface area contributed by atoms with Gasteiger partial charge >= 0.3 is 0 Å². The lowest BCUT2D eigenvalue weighted by molar-refractivity contribution is -0.120. The zero-order valence-corrected chi connectivity index (χ0v) is 12.0. The van der Waals surface area contributed by atoms with Crippen LogP contribution in [0.25, 0.3) is 10.2 Å². The van der Waals surface area contributed by atoms with Gasteiger partial charge in [-0.15, -0.1) is 23.7 Å². The van der Waals surface area contributed by atoms with Crippen molar-refractivity contribution in [3.8, 4) is 0 Å². The summed E-state index contributed by atoms with van der Waals surface area (Å²) in [6, 6.07) is 5.88. The van der Waals surface area contributed by atoms with Crippen LogP contribution in [0.5, 0.6) is 0 Å². The third-order valence-electron chi connectivity index (χ3n) is 3.31. The maximum absolute atomic E-state index is 12.1. The summed E-state index contributed by atoms with van der Waals surface area (Å²) in [5.74, 6) is 0.267. The number of anilines is 1.